The molecule has 0 N–H and O–H groups in total. The highest BCUT2D eigenvalue weighted by molar-refractivity contribution is 5.70. The summed E-state index contributed by atoms with van der Waals surface area (Å²) in [5, 5.41) is 11.6. The predicted molar refractivity (Wildman–Crippen MR) is 231 cm³/mol. The van der Waals surface area contributed by atoms with Gasteiger partial charge in [-0.25, -0.2) is 0 Å². The van der Waals surface area contributed by atoms with Gasteiger partial charge in [0.1, 0.15) is 12.6 Å². The third kappa shape index (κ3) is 36.7. The lowest BCUT2D eigenvalue weighted by Crippen LogP contribution is -2.55. The van der Waals surface area contributed by atoms with Crippen LogP contribution in [0.15, 0.2) is 60.8 Å². The fraction of sp³-hybridized carbons (Fsp3) is 0.729. The average molecular weight is 786 g/mol. The minimum absolute atomic E-state index is 0.0353. The Balaban J connectivity index is 4.28. The highest BCUT2D eigenvalue weighted by Gasteiger charge is 2.25. The maximum absolute atomic E-state index is 12.7. The van der Waals surface area contributed by atoms with Gasteiger partial charge < -0.3 is 28.6 Å². The van der Waals surface area contributed by atoms with Gasteiger partial charge in [0.15, 0.2) is 6.10 Å². The number of rotatable bonds is 39. The van der Waals surface area contributed by atoms with Gasteiger partial charge in [-0.2, -0.15) is 0 Å². The Hall–Kier alpha value is -2.97. The molecule has 0 saturated heterocycles. The maximum Gasteiger partial charge on any atom is 0.306 e. The van der Waals surface area contributed by atoms with Crippen molar-refractivity contribution in [1.29, 1.82) is 0 Å². The molecule has 0 aliphatic heterocycles. The Bertz CT molecular complexity index is 1100. The monoisotopic (exact) mass is 786 g/mol. The standard InChI is InChI=1S/C48H83NO7/c1-6-8-10-12-14-16-18-19-20-21-22-23-24-25-26-27-28-29-31-32-34-36-38-46(50)55-43-44(42-54-41-40-45(48(52)53)49(3,4)5)56-47(51)39-37-35-33-30-17-15-13-11-9-7-2/h8,10,14,16,19-20,22-23,25-26,44-45H,6-7,9,11-13,15,17-18,21,24,27-43H2,1-5H3/b10-8+,16-14+,20-19+,23-22+,26-25+. The first kappa shape index (κ1) is 53.0. The summed E-state index contributed by atoms with van der Waals surface area (Å²) in [4.78, 5) is 36.8. The number of carbonyl (C=O) groups is 3. The third-order valence-corrected chi connectivity index (χ3v) is 9.67. The van der Waals surface area contributed by atoms with Crippen molar-refractivity contribution in [2.75, 3.05) is 41.0 Å². The number of unbranched alkanes of at least 4 members (excludes halogenated alkanes) is 15. The molecule has 0 bridgehead atoms. The van der Waals surface area contributed by atoms with Gasteiger partial charge in [-0.05, 0) is 57.8 Å². The quantitative estimate of drug-likeness (QED) is 0.0265. The number of aliphatic carboxylic acids is 1. The van der Waals surface area contributed by atoms with Crippen molar-refractivity contribution in [2.24, 2.45) is 0 Å². The van der Waals surface area contributed by atoms with Gasteiger partial charge >= 0.3 is 11.9 Å². The van der Waals surface area contributed by atoms with E-state index in [1.807, 2.05) is 0 Å². The van der Waals surface area contributed by atoms with Crippen LogP contribution in [0.1, 0.15) is 174 Å². The molecule has 0 radical (unpaired) electrons. The molecule has 0 aromatic carbocycles. The summed E-state index contributed by atoms with van der Waals surface area (Å²) in [7, 11) is 5.40. The van der Waals surface area contributed by atoms with Crippen LogP contribution in [0.2, 0.25) is 0 Å². The van der Waals surface area contributed by atoms with Crippen LogP contribution < -0.4 is 5.11 Å². The van der Waals surface area contributed by atoms with Crippen molar-refractivity contribution in [3.63, 3.8) is 0 Å². The van der Waals surface area contributed by atoms with Gasteiger partial charge in [-0.1, -0.05) is 158 Å². The minimum atomic E-state index is -1.13. The molecule has 8 heteroatoms. The van der Waals surface area contributed by atoms with E-state index in [4.69, 9.17) is 14.2 Å². The van der Waals surface area contributed by atoms with Crippen LogP contribution in [0.4, 0.5) is 0 Å². The summed E-state index contributed by atoms with van der Waals surface area (Å²) < 4.78 is 17.1. The van der Waals surface area contributed by atoms with Crippen LogP contribution in [-0.2, 0) is 28.6 Å². The van der Waals surface area contributed by atoms with E-state index in [1.54, 1.807) is 21.1 Å². The second kappa shape index (κ2) is 38.9. The molecule has 0 aromatic rings. The number of hydrogen-bond acceptors (Lipinski definition) is 7. The van der Waals surface area contributed by atoms with E-state index in [-0.39, 0.29) is 42.7 Å². The van der Waals surface area contributed by atoms with Crippen LogP contribution in [0.5, 0.6) is 0 Å². The predicted octanol–water partition coefficient (Wildman–Crippen LogP) is 10.9. The van der Waals surface area contributed by atoms with E-state index in [1.165, 1.54) is 57.8 Å². The van der Waals surface area contributed by atoms with E-state index in [0.29, 0.717) is 12.8 Å². The van der Waals surface area contributed by atoms with Gasteiger partial charge in [0.2, 0.25) is 0 Å². The van der Waals surface area contributed by atoms with Crippen LogP contribution in [0, 0.1) is 0 Å². The Morgan fingerprint density at radius 1 is 0.554 bits per heavy atom. The van der Waals surface area contributed by atoms with Crippen LogP contribution in [0.25, 0.3) is 0 Å². The van der Waals surface area contributed by atoms with E-state index in [0.717, 1.165) is 83.5 Å². The second-order valence-corrected chi connectivity index (χ2v) is 15.9. The van der Waals surface area contributed by atoms with Crippen LogP contribution >= 0.6 is 0 Å². The molecule has 0 saturated carbocycles. The Labute approximate surface area is 343 Å². The van der Waals surface area contributed by atoms with Crippen LogP contribution in [-0.4, -0.2) is 75.5 Å². The van der Waals surface area contributed by atoms with Crippen molar-refractivity contribution in [2.45, 2.75) is 187 Å². The van der Waals surface area contributed by atoms with E-state index in [9.17, 15) is 19.5 Å². The summed E-state index contributed by atoms with van der Waals surface area (Å²) in [5.74, 6) is -1.76. The molecular formula is C48H83NO7. The molecular weight excluding hydrogens is 703 g/mol. The molecule has 0 aliphatic rings. The molecule has 0 aliphatic carbocycles. The highest BCUT2D eigenvalue weighted by atomic mass is 16.6. The summed E-state index contributed by atoms with van der Waals surface area (Å²) in [6, 6.07) is -0.728. The molecule has 2 atom stereocenters. The smallest absolute Gasteiger partial charge is 0.306 e. The number of allylic oxidation sites excluding steroid dienone is 10. The van der Waals surface area contributed by atoms with Crippen molar-refractivity contribution in [3.8, 4) is 0 Å². The number of hydrogen-bond donors (Lipinski definition) is 0. The number of carboxylic acids is 1. The van der Waals surface area contributed by atoms with E-state index in [2.05, 4.69) is 74.6 Å². The summed E-state index contributed by atoms with van der Waals surface area (Å²) in [6.07, 6.45) is 46.7. The number of quaternary nitrogens is 1. The van der Waals surface area contributed by atoms with Gasteiger partial charge in [-0.15, -0.1) is 0 Å². The second-order valence-electron chi connectivity index (χ2n) is 15.9. The number of likely N-dealkylation sites (N-methyl/N-ethyl adjacent to an activating group) is 1. The SMILES string of the molecule is CC/C=C/C/C=C/C/C=C/C/C=C/C/C=C/CCCCCCCCC(=O)OCC(COCCC(C(=O)[O-])[N+](C)(C)C)OC(=O)CCCCCCCCCCCC. The topological polar surface area (TPSA) is 102 Å². The average Bonchev–Trinajstić information content (AvgIpc) is 3.15. The molecule has 0 aromatic heterocycles. The molecule has 322 valence electrons. The lowest BCUT2D eigenvalue weighted by Gasteiger charge is -2.34. The molecule has 0 fully saturated rings. The van der Waals surface area contributed by atoms with Crippen molar-refractivity contribution in [3.05, 3.63) is 60.8 Å². The Morgan fingerprint density at radius 3 is 1.48 bits per heavy atom. The lowest BCUT2D eigenvalue weighted by atomic mass is 10.1. The molecule has 56 heavy (non-hydrogen) atoms. The van der Waals surface area contributed by atoms with Gasteiger partial charge in [0.05, 0.1) is 40.3 Å². The van der Waals surface area contributed by atoms with Crippen molar-refractivity contribution < 1.29 is 38.2 Å². The fourth-order valence-electron chi connectivity index (χ4n) is 6.21. The zero-order valence-electron chi connectivity index (χ0n) is 36.5. The molecule has 0 heterocycles. The molecule has 8 nitrogen and oxygen atoms in total. The number of esters is 2. The first-order valence-corrected chi connectivity index (χ1v) is 22.3. The summed E-state index contributed by atoms with van der Waals surface area (Å²) in [5.41, 5.74) is 0. The minimum Gasteiger partial charge on any atom is -0.544 e. The number of carbonyl (C=O) groups excluding carboxylic acids is 3. The van der Waals surface area contributed by atoms with E-state index >= 15 is 0 Å². The molecule has 0 spiro atoms. The first-order chi connectivity index (χ1) is 27.1. The number of carboxylic acid groups (broad SMARTS) is 1. The lowest BCUT2D eigenvalue weighted by molar-refractivity contribution is -0.889. The summed E-state index contributed by atoms with van der Waals surface area (Å²) in [6.45, 7) is 4.51. The maximum atomic E-state index is 12.7. The zero-order valence-corrected chi connectivity index (χ0v) is 36.5. The van der Waals surface area contributed by atoms with Gasteiger partial charge in [-0.3, -0.25) is 9.59 Å². The van der Waals surface area contributed by atoms with Gasteiger partial charge in [0, 0.05) is 19.3 Å². The Kier molecular flexibility index (Phi) is 36.8. The number of ether oxygens (including phenoxy) is 3. The van der Waals surface area contributed by atoms with Gasteiger partial charge in [0.25, 0.3) is 0 Å². The number of nitrogens with zero attached hydrogens (tertiary/aromatic N) is 1. The van der Waals surface area contributed by atoms with Crippen molar-refractivity contribution >= 4 is 17.9 Å². The molecule has 0 amide bonds. The summed E-state index contributed by atoms with van der Waals surface area (Å²) >= 11 is 0. The molecule has 2 unspecified atom stereocenters. The Morgan fingerprint density at radius 2 is 1.00 bits per heavy atom. The highest BCUT2D eigenvalue weighted by Crippen LogP contribution is 2.14. The largest absolute Gasteiger partial charge is 0.544 e. The first-order valence-electron chi connectivity index (χ1n) is 22.3. The normalized spacial score (nSPS) is 13.5. The molecule has 0 rings (SSSR count). The van der Waals surface area contributed by atoms with E-state index < -0.39 is 18.1 Å². The fourth-order valence-corrected chi connectivity index (χ4v) is 6.21. The zero-order chi connectivity index (χ0) is 41.4. The van der Waals surface area contributed by atoms with Crippen LogP contribution in [0.3, 0.4) is 0 Å². The third-order valence-electron chi connectivity index (χ3n) is 9.67. The van der Waals surface area contributed by atoms with Crippen molar-refractivity contribution in [1.82, 2.24) is 0 Å².